The van der Waals surface area contributed by atoms with Crippen molar-refractivity contribution in [2.75, 3.05) is 7.11 Å². The van der Waals surface area contributed by atoms with E-state index in [-0.39, 0.29) is 6.42 Å². The molecule has 0 aliphatic heterocycles. The van der Waals surface area contributed by atoms with Crippen molar-refractivity contribution in [2.45, 2.75) is 18.6 Å². The number of methoxy groups -OCH3 is 1. The summed E-state index contributed by atoms with van der Waals surface area (Å²) in [6.07, 6.45) is 4.13. The van der Waals surface area contributed by atoms with Crippen molar-refractivity contribution >= 4 is 11.9 Å². The van der Waals surface area contributed by atoms with Gasteiger partial charge in [-0.2, -0.15) is 0 Å². The van der Waals surface area contributed by atoms with Gasteiger partial charge in [-0.3, -0.25) is 4.79 Å². The van der Waals surface area contributed by atoms with Crippen molar-refractivity contribution in [3.63, 3.8) is 0 Å². The molecule has 100 valence electrons. The Morgan fingerprint density at radius 3 is 2.53 bits per heavy atom. The minimum atomic E-state index is -1.17. The average Bonchev–Trinajstić information content (AvgIpc) is 2.40. The predicted octanol–water partition coefficient (Wildman–Crippen LogP) is 0.967. The number of ether oxygens (including phenoxy) is 1. The van der Waals surface area contributed by atoms with Crippen LogP contribution in [0.15, 0.2) is 30.3 Å². The highest BCUT2D eigenvalue weighted by molar-refractivity contribution is 5.87. The topological polar surface area (TPSA) is 75.6 Å². The van der Waals surface area contributed by atoms with Gasteiger partial charge in [0.1, 0.15) is 6.04 Å². The molecule has 0 aliphatic rings. The summed E-state index contributed by atoms with van der Waals surface area (Å²) in [7, 11) is 1.38. The normalized spacial score (nSPS) is 13.1. The van der Waals surface area contributed by atoms with Crippen LogP contribution in [0.3, 0.4) is 0 Å². The number of terminal acetylenes is 1. The SMILES string of the molecule is C#CC[C@H](NC(=O)[C@H](OC)c1ccccc1)C(=O)O. The molecule has 0 bridgehead atoms. The van der Waals surface area contributed by atoms with Crippen molar-refractivity contribution in [2.24, 2.45) is 0 Å². The largest absolute Gasteiger partial charge is 0.480 e. The maximum absolute atomic E-state index is 12.0. The van der Waals surface area contributed by atoms with Crippen molar-refractivity contribution in [3.8, 4) is 12.3 Å². The smallest absolute Gasteiger partial charge is 0.327 e. The van der Waals surface area contributed by atoms with Crippen LogP contribution < -0.4 is 5.32 Å². The molecule has 0 heterocycles. The summed E-state index contributed by atoms with van der Waals surface area (Å²) in [5, 5.41) is 11.3. The molecule has 0 saturated heterocycles. The first-order chi connectivity index (χ1) is 9.10. The van der Waals surface area contributed by atoms with Gasteiger partial charge in [0.2, 0.25) is 0 Å². The Bertz CT molecular complexity index is 478. The number of hydrogen-bond acceptors (Lipinski definition) is 3. The van der Waals surface area contributed by atoms with Crippen LogP contribution in [-0.4, -0.2) is 30.1 Å². The molecule has 0 fully saturated rings. The predicted molar refractivity (Wildman–Crippen MR) is 69.2 cm³/mol. The van der Waals surface area contributed by atoms with E-state index in [0.717, 1.165) is 0 Å². The lowest BCUT2D eigenvalue weighted by Gasteiger charge is -2.18. The molecule has 19 heavy (non-hydrogen) atoms. The average molecular weight is 261 g/mol. The molecule has 1 aromatic rings. The third kappa shape index (κ3) is 4.12. The number of nitrogens with one attached hydrogen (secondary N) is 1. The third-order valence-corrected chi connectivity index (χ3v) is 2.51. The van der Waals surface area contributed by atoms with Gasteiger partial charge in [0.25, 0.3) is 5.91 Å². The number of benzene rings is 1. The molecule has 0 radical (unpaired) electrons. The minimum absolute atomic E-state index is 0.0771. The van der Waals surface area contributed by atoms with E-state index in [1.165, 1.54) is 7.11 Å². The maximum Gasteiger partial charge on any atom is 0.327 e. The van der Waals surface area contributed by atoms with E-state index in [4.69, 9.17) is 16.3 Å². The Labute approximate surface area is 111 Å². The molecule has 0 spiro atoms. The molecule has 1 aromatic carbocycles. The number of aliphatic carboxylic acids is 1. The highest BCUT2D eigenvalue weighted by Crippen LogP contribution is 2.16. The van der Waals surface area contributed by atoms with Gasteiger partial charge >= 0.3 is 5.97 Å². The summed E-state index contributed by atoms with van der Waals surface area (Å²) in [5.74, 6) is 0.512. The van der Waals surface area contributed by atoms with Crippen molar-refractivity contribution < 1.29 is 19.4 Å². The van der Waals surface area contributed by atoms with E-state index in [9.17, 15) is 9.59 Å². The first kappa shape index (κ1) is 14.7. The fourth-order valence-electron chi connectivity index (χ4n) is 1.59. The summed E-state index contributed by atoms with van der Waals surface area (Å²) in [5.41, 5.74) is 0.646. The highest BCUT2D eigenvalue weighted by atomic mass is 16.5. The fraction of sp³-hybridized carbons (Fsp3) is 0.286. The number of carboxylic acids is 1. The lowest BCUT2D eigenvalue weighted by molar-refractivity contribution is -0.143. The lowest BCUT2D eigenvalue weighted by atomic mass is 10.1. The van der Waals surface area contributed by atoms with E-state index in [1.807, 2.05) is 6.07 Å². The maximum atomic E-state index is 12.0. The van der Waals surface area contributed by atoms with Crippen molar-refractivity contribution in [1.82, 2.24) is 5.32 Å². The monoisotopic (exact) mass is 261 g/mol. The van der Waals surface area contributed by atoms with Gasteiger partial charge < -0.3 is 15.2 Å². The molecule has 0 aliphatic carbocycles. The quantitative estimate of drug-likeness (QED) is 0.748. The summed E-state index contributed by atoms with van der Waals surface area (Å²) < 4.78 is 5.10. The number of carbonyl (C=O) groups excluding carboxylic acids is 1. The standard InChI is InChI=1S/C14H15NO4/c1-3-7-11(14(17)18)15-13(16)12(19-2)10-8-5-4-6-9-10/h1,4-6,8-9,11-12H,7H2,2H3,(H,15,16)(H,17,18)/t11-,12+/m0/s1. The summed E-state index contributed by atoms with van der Waals surface area (Å²) in [6, 6.07) is 7.69. The zero-order chi connectivity index (χ0) is 14.3. The number of carbonyl (C=O) groups is 2. The van der Waals surface area contributed by atoms with Crippen LogP contribution in [0.1, 0.15) is 18.1 Å². The van der Waals surface area contributed by atoms with Gasteiger partial charge in [-0.05, 0) is 5.56 Å². The van der Waals surface area contributed by atoms with Gasteiger partial charge in [0, 0.05) is 13.5 Å². The van der Waals surface area contributed by atoms with Crippen LogP contribution in [0, 0.1) is 12.3 Å². The molecular formula is C14H15NO4. The number of hydrogen-bond donors (Lipinski definition) is 2. The Balaban J connectivity index is 2.80. The summed E-state index contributed by atoms with van der Waals surface area (Å²) in [6.45, 7) is 0. The number of carboxylic acid groups (broad SMARTS) is 1. The zero-order valence-corrected chi connectivity index (χ0v) is 10.5. The van der Waals surface area contributed by atoms with Gasteiger partial charge in [0.15, 0.2) is 6.10 Å². The summed E-state index contributed by atoms with van der Waals surface area (Å²) >= 11 is 0. The van der Waals surface area contributed by atoms with E-state index in [1.54, 1.807) is 24.3 Å². The van der Waals surface area contributed by atoms with Crippen LogP contribution >= 0.6 is 0 Å². The molecule has 0 saturated carbocycles. The Kier molecular flexibility index (Phi) is 5.58. The summed E-state index contributed by atoms with van der Waals surface area (Å²) in [4.78, 5) is 22.9. The van der Waals surface area contributed by atoms with Gasteiger partial charge in [-0.1, -0.05) is 30.3 Å². The molecule has 5 heteroatoms. The molecule has 0 unspecified atom stereocenters. The number of rotatable bonds is 6. The van der Waals surface area contributed by atoms with Crippen LogP contribution in [0.4, 0.5) is 0 Å². The Hall–Kier alpha value is -2.32. The van der Waals surface area contributed by atoms with Crippen molar-refractivity contribution in [1.29, 1.82) is 0 Å². The van der Waals surface area contributed by atoms with Crippen molar-refractivity contribution in [3.05, 3.63) is 35.9 Å². The molecule has 2 N–H and O–H groups in total. The Morgan fingerprint density at radius 1 is 1.42 bits per heavy atom. The second-order valence-corrected chi connectivity index (χ2v) is 3.83. The van der Waals surface area contributed by atoms with Crippen LogP contribution in [-0.2, 0) is 14.3 Å². The third-order valence-electron chi connectivity index (χ3n) is 2.51. The first-order valence-corrected chi connectivity index (χ1v) is 5.64. The lowest BCUT2D eigenvalue weighted by Crippen LogP contribution is -2.43. The second-order valence-electron chi connectivity index (χ2n) is 3.83. The minimum Gasteiger partial charge on any atom is -0.480 e. The molecule has 1 rings (SSSR count). The van der Waals surface area contributed by atoms with Crippen LogP contribution in [0.5, 0.6) is 0 Å². The van der Waals surface area contributed by atoms with Crippen LogP contribution in [0.25, 0.3) is 0 Å². The van der Waals surface area contributed by atoms with E-state index < -0.39 is 24.0 Å². The fourth-order valence-corrected chi connectivity index (χ4v) is 1.59. The molecular weight excluding hydrogens is 246 g/mol. The zero-order valence-electron chi connectivity index (χ0n) is 10.5. The first-order valence-electron chi connectivity index (χ1n) is 5.64. The van der Waals surface area contributed by atoms with Gasteiger partial charge in [0.05, 0.1) is 0 Å². The van der Waals surface area contributed by atoms with Gasteiger partial charge in [-0.25, -0.2) is 4.79 Å². The Morgan fingerprint density at radius 2 is 2.05 bits per heavy atom. The van der Waals surface area contributed by atoms with Gasteiger partial charge in [-0.15, -0.1) is 12.3 Å². The second kappa shape index (κ2) is 7.19. The molecule has 1 amide bonds. The molecule has 2 atom stereocenters. The molecule has 5 nitrogen and oxygen atoms in total. The van der Waals surface area contributed by atoms with E-state index in [0.29, 0.717) is 5.56 Å². The van der Waals surface area contributed by atoms with E-state index >= 15 is 0 Å². The van der Waals surface area contributed by atoms with E-state index in [2.05, 4.69) is 11.2 Å². The van der Waals surface area contributed by atoms with Crippen LogP contribution in [0.2, 0.25) is 0 Å². The highest BCUT2D eigenvalue weighted by Gasteiger charge is 2.25. The number of amides is 1. The molecule has 0 aromatic heterocycles.